The smallest absolute Gasteiger partial charge is 0.143 e. The van der Waals surface area contributed by atoms with E-state index in [1.165, 1.54) is 6.33 Å². The first-order valence-corrected chi connectivity index (χ1v) is 7.61. The van der Waals surface area contributed by atoms with Gasteiger partial charge in [-0.15, -0.1) is 0 Å². The van der Waals surface area contributed by atoms with Gasteiger partial charge in [0.05, 0.1) is 10.6 Å². The van der Waals surface area contributed by atoms with E-state index in [9.17, 15) is 0 Å². The Morgan fingerprint density at radius 1 is 1.37 bits per heavy atom. The number of aromatic nitrogens is 2. The molecule has 0 bridgehead atoms. The summed E-state index contributed by atoms with van der Waals surface area (Å²) in [6.45, 7) is 1.64. The Morgan fingerprint density at radius 3 is 2.89 bits per heavy atom. The van der Waals surface area contributed by atoms with Crippen LogP contribution in [0.15, 0.2) is 17.0 Å². The second-order valence-corrected chi connectivity index (χ2v) is 5.76. The van der Waals surface area contributed by atoms with Crippen LogP contribution in [-0.4, -0.2) is 35.3 Å². The lowest BCUT2D eigenvalue weighted by molar-refractivity contribution is 0.0251. The molecule has 1 saturated carbocycles. The fraction of sp³-hybridized carbons (Fsp3) is 0.692. The first kappa shape index (κ1) is 14.7. The van der Waals surface area contributed by atoms with Crippen LogP contribution in [0.1, 0.15) is 32.1 Å². The first-order chi connectivity index (χ1) is 9.25. The highest BCUT2D eigenvalue weighted by Crippen LogP contribution is 2.20. The SMILES string of the molecule is NC1CCC(OCCCNc2ncncc2Br)CC1. The fourth-order valence-electron chi connectivity index (χ4n) is 2.23. The van der Waals surface area contributed by atoms with Crippen molar-refractivity contribution in [2.75, 3.05) is 18.5 Å². The minimum absolute atomic E-state index is 0.386. The lowest BCUT2D eigenvalue weighted by Gasteiger charge is -2.26. The molecular formula is C13H21BrN4O. The molecular weight excluding hydrogens is 308 g/mol. The average molecular weight is 329 g/mol. The van der Waals surface area contributed by atoms with Gasteiger partial charge in [0.15, 0.2) is 0 Å². The number of hydrogen-bond donors (Lipinski definition) is 2. The number of nitrogens with one attached hydrogen (secondary N) is 1. The van der Waals surface area contributed by atoms with Crippen molar-refractivity contribution in [3.8, 4) is 0 Å². The molecule has 1 heterocycles. The molecule has 2 rings (SSSR count). The summed E-state index contributed by atoms with van der Waals surface area (Å²) in [5, 5.41) is 3.26. The molecule has 0 aliphatic heterocycles. The molecule has 1 aliphatic rings. The molecule has 6 heteroatoms. The zero-order chi connectivity index (χ0) is 13.5. The Kier molecular flexibility index (Phi) is 6.00. The summed E-state index contributed by atoms with van der Waals surface area (Å²) in [4.78, 5) is 8.07. The van der Waals surface area contributed by atoms with Crippen molar-refractivity contribution >= 4 is 21.7 Å². The second-order valence-electron chi connectivity index (χ2n) is 4.91. The number of anilines is 1. The predicted octanol–water partition coefficient (Wildman–Crippen LogP) is 2.33. The first-order valence-electron chi connectivity index (χ1n) is 6.82. The molecule has 0 atom stereocenters. The zero-order valence-electron chi connectivity index (χ0n) is 11.0. The highest BCUT2D eigenvalue weighted by atomic mass is 79.9. The molecule has 1 aromatic heterocycles. The van der Waals surface area contributed by atoms with Crippen LogP contribution in [0.3, 0.4) is 0 Å². The molecule has 0 spiro atoms. The predicted molar refractivity (Wildman–Crippen MR) is 79.0 cm³/mol. The second kappa shape index (κ2) is 7.77. The van der Waals surface area contributed by atoms with Gasteiger partial charge in [0.1, 0.15) is 12.1 Å². The maximum atomic E-state index is 5.87. The van der Waals surface area contributed by atoms with Gasteiger partial charge in [-0.2, -0.15) is 0 Å². The van der Waals surface area contributed by atoms with Crippen molar-refractivity contribution in [1.29, 1.82) is 0 Å². The number of nitrogens with two attached hydrogens (primary N) is 1. The van der Waals surface area contributed by atoms with Crippen molar-refractivity contribution in [2.45, 2.75) is 44.2 Å². The highest BCUT2D eigenvalue weighted by Gasteiger charge is 2.18. The normalized spacial score (nSPS) is 23.3. The van der Waals surface area contributed by atoms with E-state index in [-0.39, 0.29) is 0 Å². The molecule has 5 nitrogen and oxygen atoms in total. The van der Waals surface area contributed by atoms with E-state index in [1.807, 2.05) is 0 Å². The van der Waals surface area contributed by atoms with Crippen molar-refractivity contribution in [1.82, 2.24) is 9.97 Å². The number of halogens is 1. The standard InChI is InChI=1S/C13H21BrN4O/c14-12-8-16-9-18-13(12)17-6-1-7-19-11-4-2-10(15)3-5-11/h8-11H,1-7,15H2,(H,16,17,18). The van der Waals surface area contributed by atoms with E-state index in [0.717, 1.165) is 55.5 Å². The van der Waals surface area contributed by atoms with Gasteiger partial charge in [0, 0.05) is 25.4 Å². The molecule has 0 aromatic carbocycles. The van der Waals surface area contributed by atoms with Gasteiger partial charge in [-0.25, -0.2) is 9.97 Å². The van der Waals surface area contributed by atoms with Gasteiger partial charge >= 0.3 is 0 Å². The molecule has 19 heavy (non-hydrogen) atoms. The molecule has 1 aromatic rings. The largest absolute Gasteiger partial charge is 0.378 e. The summed E-state index contributed by atoms with van der Waals surface area (Å²) < 4.78 is 6.75. The van der Waals surface area contributed by atoms with E-state index < -0.39 is 0 Å². The van der Waals surface area contributed by atoms with Crippen LogP contribution in [0, 0.1) is 0 Å². The fourth-order valence-corrected chi connectivity index (χ4v) is 2.59. The Bertz CT molecular complexity index is 383. The van der Waals surface area contributed by atoms with Crippen molar-refractivity contribution in [2.24, 2.45) is 5.73 Å². The monoisotopic (exact) mass is 328 g/mol. The molecule has 0 radical (unpaired) electrons. The molecule has 0 saturated heterocycles. The Labute approximate surface area is 122 Å². The summed E-state index contributed by atoms with van der Waals surface area (Å²) in [5.74, 6) is 0.832. The molecule has 106 valence electrons. The molecule has 0 amide bonds. The molecule has 3 N–H and O–H groups in total. The van der Waals surface area contributed by atoms with Crippen LogP contribution in [-0.2, 0) is 4.74 Å². The number of hydrogen-bond acceptors (Lipinski definition) is 5. The Hall–Kier alpha value is -0.720. The summed E-state index contributed by atoms with van der Waals surface area (Å²) in [6.07, 6.45) is 9.04. The third kappa shape index (κ3) is 5.04. The van der Waals surface area contributed by atoms with Crippen LogP contribution in [0.4, 0.5) is 5.82 Å². The summed E-state index contributed by atoms with van der Waals surface area (Å²) in [7, 11) is 0. The lowest BCUT2D eigenvalue weighted by Crippen LogP contribution is -2.30. The number of ether oxygens (including phenoxy) is 1. The van der Waals surface area contributed by atoms with Gasteiger partial charge in [0.25, 0.3) is 0 Å². The van der Waals surface area contributed by atoms with Gasteiger partial charge < -0.3 is 15.8 Å². The van der Waals surface area contributed by atoms with Crippen LogP contribution in [0.25, 0.3) is 0 Å². The molecule has 1 aliphatic carbocycles. The topological polar surface area (TPSA) is 73.1 Å². The van der Waals surface area contributed by atoms with E-state index in [2.05, 4.69) is 31.2 Å². The van der Waals surface area contributed by atoms with Crippen LogP contribution < -0.4 is 11.1 Å². The molecule has 0 unspecified atom stereocenters. The van der Waals surface area contributed by atoms with E-state index in [4.69, 9.17) is 10.5 Å². The average Bonchev–Trinajstić information content (AvgIpc) is 2.42. The minimum Gasteiger partial charge on any atom is -0.378 e. The van der Waals surface area contributed by atoms with E-state index >= 15 is 0 Å². The number of nitrogens with zero attached hydrogens (tertiary/aromatic N) is 2. The van der Waals surface area contributed by atoms with Crippen LogP contribution >= 0.6 is 15.9 Å². The van der Waals surface area contributed by atoms with E-state index in [1.54, 1.807) is 6.20 Å². The maximum absolute atomic E-state index is 5.87. The van der Waals surface area contributed by atoms with Crippen LogP contribution in [0.5, 0.6) is 0 Å². The van der Waals surface area contributed by atoms with Gasteiger partial charge in [-0.1, -0.05) is 0 Å². The number of rotatable bonds is 6. The van der Waals surface area contributed by atoms with Crippen molar-refractivity contribution in [3.05, 3.63) is 17.0 Å². The third-order valence-electron chi connectivity index (χ3n) is 3.35. The zero-order valence-corrected chi connectivity index (χ0v) is 12.6. The maximum Gasteiger partial charge on any atom is 0.143 e. The quantitative estimate of drug-likeness (QED) is 0.784. The summed E-state index contributed by atoms with van der Waals surface area (Å²) in [5.41, 5.74) is 5.87. The summed E-state index contributed by atoms with van der Waals surface area (Å²) in [6, 6.07) is 0.386. The van der Waals surface area contributed by atoms with E-state index in [0.29, 0.717) is 12.1 Å². The van der Waals surface area contributed by atoms with Gasteiger partial charge in [0.2, 0.25) is 0 Å². The lowest BCUT2D eigenvalue weighted by atomic mass is 9.94. The minimum atomic E-state index is 0.386. The third-order valence-corrected chi connectivity index (χ3v) is 3.93. The van der Waals surface area contributed by atoms with Gasteiger partial charge in [-0.3, -0.25) is 0 Å². The van der Waals surface area contributed by atoms with Crippen molar-refractivity contribution < 1.29 is 4.74 Å². The van der Waals surface area contributed by atoms with Crippen molar-refractivity contribution in [3.63, 3.8) is 0 Å². The molecule has 1 fully saturated rings. The Morgan fingerprint density at radius 2 is 2.16 bits per heavy atom. The Balaban J connectivity index is 1.56. The highest BCUT2D eigenvalue weighted by molar-refractivity contribution is 9.10. The van der Waals surface area contributed by atoms with Crippen LogP contribution in [0.2, 0.25) is 0 Å². The van der Waals surface area contributed by atoms with Gasteiger partial charge in [-0.05, 0) is 48.0 Å². The summed E-state index contributed by atoms with van der Waals surface area (Å²) >= 11 is 3.40.